The highest BCUT2D eigenvalue weighted by atomic mass is 16.5. The summed E-state index contributed by atoms with van der Waals surface area (Å²) in [5.41, 5.74) is 0.433. The van der Waals surface area contributed by atoms with Crippen molar-refractivity contribution in [2.24, 2.45) is 0 Å². The molecule has 0 aromatic carbocycles. The molecule has 0 bridgehead atoms. The molecular formula is C13H24O3. The summed E-state index contributed by atoms with van der Waals surface area (Å²) in [6.45, 7) is 6.68. The smallest absolute Gasteiger partial charge is 0.330 e. The number of rotatable bonds is 9. The minimum absolute atomic E-state index is 0.332. The molecule has 0 aliphatic heterocycles. The standard InChI is InChI=1S/C13H24O3/c1-4-10-16-12(5-2)9-7-6-8-11(3)13(14)15/h8,12H,4-7,9-10H2,1-3H3,(H,14,15). The van der Waals surface area contributed by atoms with Crippen molar-refractivity contribution in [3.05, 3.63) is 11.6 Å². The molecule has 0 amide bonds. The van der Waals surface area contributed by atoms with Crippen LogP contribution in [0.15, 0.2) is 11.6 Å². The second kappa shape index (κ2) is 9.40. The third-order valence-electron chi connectivity index (χ3n) is 2.53. The number of hydrogen-bond acceptors (Lipinski definition) is 2. The highest BCUT2D eigenvalue weighted by Crippen LogP contribution is 2.10. The van der Waals surface area contributed by atoms with E-state index in [0.29, 0.717) is 11.7 Å². The van der Waals surface area contributed by atoms with Crippen LogP contribution in [0.5, 0.6) is 0 Å². The Morgan fingerprint density at radius 3 is 2.62 bits per heavy atom. The minimum atomic E-state index is -0.825. The largest absolute Gasteiger partial charge is 0.478 e. The average Bonchev–Trinajstić information content (AvgIpc) is 2.27. The van der Waals surface area contributed by atoms with E-state index in [9.17, 15) is 4.79 Å². The molecule has 0 saturated carbocycles. The molecule has 0 rings (SSSR count). The zero-order chi connectivity index (χ0) is 12.4. The van der Waals surface area contributed by atoms with E-state index < -0.39 is 5.97 Å². The second-order valence-electron chi connectivity index (χ2n) is 4.02. The number of ether oxygens (including phenoxy) is 1. The Bertz CT molecular complexity index is 221. The molecule has 0 fully saturated rings. The van der Waals surface area contributed by atoms with Crippen molar-refractivity contribution < 1.29 is 14.6 Å². The van der Waals surface area contributed by atoms with E-state index in [1.165, 1.54) is 0 Å². The summed E-state index contributed by atoms with van der Waals surface area (Å²) in [5.74, 6) is -0.825. The van der Waals surface area contributed by atoms with Crippen molar-refractivity contribution in [2.75, 3.05) is 6.61 Å². The van der Waals surface area contributed by atoms with Gasteiger partial charge in [0.25, 0.3) is 0 Å². The molecule has 0 aromatic heterocycles. The molecule has 1 atom stereocenters. The van der Waals surface area contributed by atoms with Gasteiger partial charge in [-0.05, 0) is 39.0 Å². The summed E-state index contributed by atoms with van der Waals surface area (Å²) in [6, 6.07) is 0. The fourth-order valence-electron chi connectivity index (χ4n) is 1.44. The molecule has 16 heavy (non-hydrogen) atoms. The van der Waals surface area contributed by atoms with Gasteiger partial charge in [-0.15, -0.1) is 0 Å². The lowest BCUT2D eigenvalue weighted by atomic mass is 10.1. The number of hydrogen-bond donors (Lipinski definition) is 1. The van der Waals surface area contributed by atoms with Crippen molar-refractivity contribution in [2.45, 2.75) is 59.0 Å². The monoisotopic (exact) mass is 228 g/mol. The molecule has 0 aliphatic carbocycles. The normalized spacial score (nSPS) is 13.8. The number of aliphatic carboxylic acids is 1. The highest BCUT2D eigenvalue weighted by molar-refractivity contribution is 5.85. The molecular weight excluding hydrogens is 204 g/mol. The van der Waals surface area contributed by atoms with Gasteiger partial charge in [0.1, 0.15) is 0 Å². The van der Waals surface area contributed by atoms with Gasteiger partial charge in [0.05, 0.1) is 6.10 Å². The first kappa shape index (κ1) is 15.2. The van der Waals surface area contributed by atoms with Crippen LogP contribution in [-0.4, -0.2) is 23.8 Å². The molecule has 1 unspecified atom stereocenters. The lowest BCUT2D eigenvalue weighted by Gasteiger charge is -2.14. The number of carboxylic acids is 1. The summed E-state index contributed by atoms with van der Waals surface area (Å²) in [6.07, 6.45) is 7.03. The van der Waals surface area contributed by atoms with Gasteiger partial charge < -0.3 is 9.84 Å². The number of unbranched alkanes of at least 4 members (excludes halogenated alkanes) is 1. The Kier molecular flexibility index (Phi) is 8.91. The molecule has 0 saturated heterocycles. The van der Waals surface area contributed by atoms with E-state index in [-0.39, 0.29) is 0 Å². The Hall–Kier alpha value is -0.830. The van der Waals surface area contributed by atoms with Gasteiger partial charge in [0, 0.05) is 12.2 Å². The molecule has 0 spiro atoms. The van der Waals surface area contributed by atoms with Crippen LogP contribution in [0.25, 0.3) is 0 Å². The molecule has 0 aromatic rings. The van der Waals surface area contributed by atoms with Gasteiger partial charge >= 0.3 is 5.97 Å². The van der Waals surface area contributed by atoms with Crippen LogP contribution in [0.1, 0.15) is 52.9 Å². The van der Waals surface area contributed by atoms with Crippen LogP contribution in [-0.2, 0) is 9.53 Å². The number of carboxylic acid groups (broad SMARTS) is 1. The molecule has 3 nitrogen and oxygen atoms in total. The molecule has 0 radical (unpaired) electrons. The molecule has 3 heteroatoms. The van der Waals surface area contributed by atoms with Crippen molar-refractivity contribution in [3.8, 4) is 0 Å². The Morgan fingerprint density at radius 2 is 2.12 bits per heavy atom. The third-order valence-corrected chi connectivity index (χ3v) is 2.53. The van der Waals surface area contributed by atoms with E-state index >= 15 is 0 Å². The molecule has 0 heterocycles. The quantitative estimate of drug-likeness (QED) is 0.486. The van der Waals surface area contributed by atoms with Crippen LogP contribution >= 0.6 is 0 Å². The molecule has 94 valence electrons. The molecule has 0 aliphatic rings. The van der Waals surface area contributed by atoms with Crippen LogP contribution < -0.4 is 0 Å². The lowest BCUT2D eigenvalue weighted by Crippen LogP contribution is -2.12. The first-order chi connectivity index (χ1) is 7.61. The average molecular weight is 228 g/mol. The first-order valence-electron chi connectivity index (χ1n) is 6.13. The zero-order valence-electron chi connectivity index (χ0n) is 10.7. The predicted molar refractivity (Wildman–Crippen MR) is 65.6 cm³/mol. The third kappa shape index (κ3) is 7.46. The zero-order valence-corrected chi connectivity index (χ0v) is 10.7. The maximum atomic E-state index is 10.5. The predicted octanol–water partition coefficient (Wildman–Crippen LogP) is 3.39. The van der Waals surface area contributed by atoms with Crippen molar-refractivity contribution in [3.63, 3.8) is 0 Å². The maximum Gasteiger partial charge on any atom is 0.330 e. The van der Waals surface area contributed by atoms with Crippen LogP contribution in [0, 0.1) is 0 Å². The van der Waals surface area contributed by atoms with Crippen LogP contribution in [0.2, 0.25) is 0 Å². The van der Waals surface area contributed by atoms with Crippen LogP contribution in [0.3, 0.4) is 0 Å². The lowest BCUT2D eigenvalue weighted by molar-refractivity contribution is -0.132. The Morgan fingerprint density at radius 1 is 1.44 bits per heavy atom. The van der Waals surface area contributed by atoms with Crippen molar-refractivity contribution in [1.82, 2.24) is 0 Å². The Labute approximate surface area is 98.5 Å². The van der Waals surface area contributed by atoms with Crippen LogP contribution in [0.4, 0.5) is 0 Å². The summed E-state index contributed by atoms with van der Waals surface area (Å²) in [5, 5.41) is 8.66. The Balaban J connectivity index is 3.70. The van der Waals surface area contributed by atoms with E-state index in [1.807, 2.05) is 0 Å². The fraction of sp³-hybridized carbons (Fsp3) is 0.769. The first-order valence-corrected chi connectivity index (χ1v) is 6.13. The summed E-state index contributed by atoms with van der Waals surface area (Å²) >= 11 is 0. The number of carbonyl (C=O) groups is 1. The van der Waals surface area contributed by atoms with Crippen molar-refractivity contribution in [1.29, 1.82) is 0 Å². The van der Waals surface area contributed by atoms with E-state index in [0.717, 1.165) is 38.7 Å². The van der Waals surface area contributed by atoms with Gasteiger partial charge in [0.15, 0.2) is 0 Å². The fourth-order valence-corrected chi connectivity index (χ4v) is 1.44. The van der Waals surface area contributed by atoms with Gasteiger partial charge in [-0.2, -0.15) is 0 Å². The van der Waals surface area contributed by atoms with Gasteiger partial charge in [-0.3, -0.25) is 0 Å². The van der Waals surface area contributed by atoms with E-state index in [4.69, 9.17) is 9.84 Å². The SMILES string of the molecule is CCCOC(CC)CCCC=C(C)C(=O)O. The van der Waals surface area contributed by atoms with Gasteiger partial charge in [-0.25, -0.2) is 4.79 Å². The van der Waals surface area contributed by atoms with Gasteiger partial charge in [-0.1, -0.05) is 19.9 Å². The van der Waals surface area contributed by atoms with Gasteiger partial charge in [0.2, 0.25) is 0 Å². The van der Waals surface area contributed by atoms with E-state index in [2.05, 4.69) is 13.8 Å². The second-order valence-corrected chi connectivity index (χ2v) is 4.02. The van der Waals surface area contributed by atoms with Crippen molar-refractivity contribution >= 4 is 5.97 Å². The topological polar surface area (TPSA) is 46.5 Å². The highest BCUT2D eigenvalue weighted by Gasteiger charge is 2.05. The minimum Gasteiger partial charge on any atom is -0.478 e. The maximum absolute atomic E-state index is 10.5. The molecule has 1 N–H and O–H groups in total. The van der Waals surface area contributed by atoms with E-state index in [1.54, 1.807) is 13.0 Å². The summed E-state index contributed by atoms with van der Waals surface area (Å²) in [4.78, 5) is 10.5. The summed E-state index contributed by atoms with van der Waals surface area (Å²) < 4.78 is 5.66. The summed E-state index contributed by atoms with van der Waals surface area (Å²) in [7, 11) is 0. The number of allylic oxidation sites excluding steroid dienone is 1.